The van der Waals surface area contributed by atoms with Gasteiger partial charge in [-0.1, -0.05) is 30.7 Å². The topological polar surface area (TPSA) is 75.1 Å². The minimum Gasteiger partial charge on any atom is -0.386 e. The molecule has 26 heavy (non-hydrogen) atoms. The highest BCUT2D eigenvalue weighted by Crippen LogP contribution is 2.39. The van der Waals surface area contributed by atoms with Gasteiger partial charge in [-0.25, -0.2) is 9.97 Å². The predicted octanol–water partition coefficient (Wildman–Crippen LogP) is 4.58. The van der Waals surface area contributed by atoms with Crippen LogP contribution in [0.15, 0.2) is 42.6 Å². The molecule has 0 radical (unpaired) electrons. The summed E-state index contributed by atoms with van der Waals surface area (Å²) in [5, 5.41) is 13.4. The molecule has 0 unspecified atom stereocenters. The second-order valence-electron chi connectivity index (χ2n) is 6.11. The summed E-state index contributed by atoms with van der Waals surface area (Å²) in [6.07, 6.45) is 1.42. The molecule has 0 fully saturated rings. The summed E-state index contributed by atoms with van der Waals surface area (Å²) in [4.78, 5) is 21.5. The zero-order valence-corrected chi connectivity index (χ0v) is 15.8. The molecular formula is C20H21N3O2S. The van der Waals surface area contributed by atoms with E-state index in [4.69, 9.17) is 0 Å². The van der Waals surface area contributed by atoms with Gasteiger partial charge in [0.05, 0.1) is 10.6 Å². The summed E-state index contributed by atoms with van der Waals surface area (Å²) in [6, 6.07) is 11.8. The zero-order chi connectivity index (χ0) is 18.7. The van der Waals surface area contributed by atoms with Gasteiger partial charge in [0.2, 0.25) is 5.91 Å². The largest absolute Gasteiger partial charge is 0.386 e. The number of thiazole rings is 1. The van der Waals surface area contributed by atoms with Crippen LogP contribution in [-0.2, 0) is 4.79 Å². The SMILES string of the molecule is CCC(=O)Nc1cc(-c2sc([C@@H](C)O)nc2-c2cccc(C)c2)ccn1. The van der Waals surface area contributed by atoms with E-state index >= 15 is 0 Å². The number of aryl methyl sites for hydroxylation is 1. The summed E-state index contributed by atoms with van der Waals surface area (Å²) in [7, 11) is 0. The molecule has 2 aromatic heterocycles. The number of carbonyl (C=O) groups is 1. The number of carbonyl (C=O) groups excluding carboxylic acids is 1. The van der Waals surface area contributed by atoms with Crippen molar-refractivity contribution in [2.24, 2.45) is 0 Å². The second-order valence-corrected chi connectivity index (χ2v) is 7.14. The minimum atomic E-state index is -0.640. The normalized spacial score (nSPS) is 12.0. The standard InChI is InChI=1S/C20H21N3O2S/c1-4-17(25)22-16-11-15(8-9-21-16)19-18(23-20(26-19)13(3)24)14-7-5-6-12(2)10-14/h5-11,13,24H,4H2,1-3H3,(H,21,22,25)/t13-/m1/s1. The van der Waals surface area contributed by atoms with Crippen LogP contribution in [0.3, 0.4) is 0 Å². The Bertz CT molecular complexity index is 934. The molecule has 6 heteroatoms. The molecule has 0 aliphatic carbocycles. The summed E-state index contributed by atoms with van der Waals surface area (Å²) >= 11 is 1.45. The van der Waals surface area contributed by atoms with Crippen molar-refractivity contribution in [1.29, 1.82) is 0 Å². The van der Waals surface area contributed by atoms with E-state index in [1.165, 1.54) is 11.3 Å². The number of aliphatic hydroxyl groups excluding tert-OH is 1. The van der Waals surface area contributed by atoms with Crippen LogP contribution < -0.4 is 5.32 Å². The quantitative estimate of drug-likeness (QED) is 0.692. The highest BCUT2D eigenvalue weighted by atomic mass is 32.1. The number of benzene rings is 1. The van der Waals surface area contributed by atoms with Crippen molar-refractivity contribution in [3.8, 4) is 21.7 Å². The van der Waals surface area contributed by atoms with Gasteiger partial charge in [0.25, 0.3) is 0 Å². The van der Waals surface area contributed by atoms with Crippen LogP contribution in [0.5, 0.6) is 0 Å². The Morgan fingerprint density at radius 1 is 1.27 bits per heavy atom. The van der Waals surface area contributed by atoms with Crippen molar-refractivity contribution in [1.82, 2.24) is 9.97 Å². The number of anilines is 1. The summed E-state index contributed by atoms with van der Waals surface area (Å²) in [6.45, 7) is 5.55. The average molecular weight is 367 g/mol. The van der Waals surface area contributed by atoms with Gasteiger partial charge in [-0.2, -0.15) is 0 Å². The van der Waals surface area contributed by atoms with E-state index in [2.05, 4.69) is 21.4 Å². The number of nitrogens with one attached hydrogen (secondary N) is 1. The third kappa shape index (κ3) is 3.98. The maximum absolute atomic E-state index is 11.7. The molecule has 0 saturated heterocycles. The van der Waals surface area contributed by atoms with E-state index in [-0.39, 0.29) is 5.91 Å². The number of hydrogen-bond acceptors (Lipinski definition) is 5. The average Bonchev–Trinajstić information content (AvgIpc) is 3.07. The van der Waals surface area contributed by atoms with Gasteiger partial charge in [-0.15, -0.1) is 11.3 Å². The van der Waals surface area contributed by atoms with Crippen molar-refractivity contribution in [2.45, 2.75) is 33.3 Å². The van der Waals surface area contributed by atoms with Crippen molar-refractivity contribution in [2.75, 3.05) is 5.32 Å². The molecule has 2 N–H and O–H groups in total. The molecule has 134 valence electrons. The van der Waals surface area contributed by atoms with Crippen LogP contribution in [-0.4, -0.2) is 21.0 Å². The van der Waals surface area contributed by atoms with E-state index in [1.807, 2.05) is 37.3 Å². The predicted molar refractivity (Wildman–Crippen MR) is 105 cm³/mol. The molecule has 2 heterocycles. The lowest BCUT2D eigenvalue weighted by atomic mass is 10.1. The monoisotopic (exact) mass is 367 g/mol. The molecular weight excluding hydrogens is 346 g/mol. The first-order valence-corrected chi connectivity index (χ1v) is 9.31. The van der Waals surface area contributed by atoms with Gasteiger partial charge in [-0.3, -0.25) is 4.79 Å². The number of hydrogen-bond donors (Lipinski definition) is 2. The molecule has 1 atom stereocenters. The van der Waals surface area contributed by atoms with Gasteiger partial charge < -0.3 is 10.4 Å². The lowest BCUT2D eigenvalue weighted by Gasteiger charge is -2.07. The Balaban J connectivity index is 2.09. The smallest absolute Gasteiger partial charge is 0.225 e. The lowest BCUT2D eigenvalue weighted by molar-refractivity contribution is -0.115. The molecule has 0 saturated carbocycles. The number of pyridine rings is 1. The van der Waals surface area contributed by atoms with Crippen LogP contribution in [0.25, 0.3) is 21.7 Å². The van der Waals surface area contributed by atoms with Gasteiger partial charge in [0.15, 0.2) is 0 Å². The van der Waals surface area contributed by atoms with Crippen molar-refractivity contribution >= 4 is 23.1 Å². The Morgan fingerprint density at radius 2 is 2.08 bits per heavy atom. The molecule has 5 nitrogen and oxygen atoms in total. The molecule has 1 aromatic carbocycles. The fourth-order valence-electron chi connectivity index (χ4n) is 2.57. The van der Waals surface area contributed by atoms with Crippen molar-refractivity contribution in [3.63, 3.8) is 0 Å². The van der Waals surface area contributed by atoms with Gasteiger partial charge >= 0.3 is 0 Å². The first kappa shape index (κ1) is 18.2. The van der Waals surface area contributed by atoms with Crippen LogP contribution in [0.1, 0.15) is 36.9 Å². The Labute approximate surface area is 156 Å². The summed E-state index contributed by atoms with van der Waals surface area (Å²) in [5.74, 6) is 0.430. The van der Waals surface area contributed by atoms with E-state index in [9.17, 15) is 9.90 Å². The van der Waals surface area contributed by atoms with E-state index in [1.54, 1.807) is 20.0 Å². The molecule has 0 bridgehead atoms. The first-order chi connectivity index (χ1) is 12.5. The van der Waals surface area contributed by atoms with E-state index < -0.39 is 6.10 Å². The zero-order valence-electron chi connectivity index (χ0n) is 15.0. The Hall–Kier alpha value is -2.57. The van der Waals surface area contributed by atoms with Crippen LogP contribution in [0, 0.1) is 6.92 Å². The fraction of sp³-hybridized carbons (Fsp3) is 0.250. The number of amides is 1. The third-order valence-electron chi connectivity index (χ3n) is 3.90. The summed E-state index contributed by atoms with van der Waals surface area (Å²) in [5.41, 5.74) is 3.88. The Morgan fingerprint density at radius 3 is 2.77 bits per heavy atom. The van der Waals surface area contributed by atoms with Gasteiger partial charge in [0.1, 0.15) is 16.9 Å². The number of aromatic nitrogens is 2. The van der Waals surface area contributed by atoms with Crippen molar-refractivity contribution in [3.05, 3.63) is 53.2 Å². The number of rotatable bonds is 5. The second kappa shape index (κ2) is 7.76. The van der Waals surface area contributed by atoms with Crippen molar-refractivity contribution < 1.29 is 9.90 Å². The van der Waals surface area contributed by atoms with Gasteiger partial charge in [-0.05, 0) is 37.6 Å². The first-order valence-electron chi connectivity index (χ1n) is 8.50. The van der Waals surface area contributed by atoms with Crippen LogP contribution in [0.4, 0.5) is 5.82 Å². The minimum absolute atomic E-state index is 0.0810. The highest BCUT2D eigenvalue weighted by Gasteiger charge is 2.18. The molecule has 0 aliphatic rings. The molecule has 1 amide bonds. The highest BCUT2D eigenvalue weighted by molar-refractivity contribution is 7.15. The molecule has 3 aromatic rings. The number of aliphatic hydroxyl groups is 1. The molecule has 3 rings (SSSR count). The van der Waals surface area contributed by atoms with E-state index in [0.717, 1.165) is 27.3 Å². The maximum atomic E-state index is 11.7. The fourth-order valence-corrected chi connectivity index (χ4v) is 3.59. The molecule has 0 aliphatic heterocycles. The number of nitrogens with zero attached hydrogens (tertiary/aromatic N) is 2. The summed E-state index contributed by atoms with van der Waals surface area (Å²) < 4.78 is 0. The molecule has 0 spiro atoms. The van der Waals surface area contributed by atoms with Crippen LogP contribution in [0.2, 0.25) is 0 Å². The maximum Gasteiger partial charge on any atom is 0.225 e. The van der Waals surface area contributed by atoms with Gasteiger partial charge in [0, 0.05) is 18.2 Å². The van der Waals surface area contributed by atoms with E-state index in [0.29, 0.717) is 17.2 Å². The third-order valence-corrected chi connectivity index (χ3v) is 5.18. The lowest BCUT2D eigenvalue weighted by Crippen LogP contribution is -2.10. The van der Waals surface area contributed by atoms with Crippen LogP contribution >= 0.6 is 11.3 Å². The Kier molecular flexibility index (Phi) is 5.44.